The van der Waals surface area contributed by atoms with E-state index in [1.54, 1.807) is 0 Å². The number of hydrogen-bond donors (Lipinski definition) is 0. The zero-order valence-electron chi connectivity index (χ0n) is 12.9. The van der Waals surface area contributed by atoms with Crippen molar-refractivity contribution in [1.82, 2.24) is 0 Å². The Bertz CT molecular complexity index is 438. The highest BCUT2D eigenvalue weighted by Crippen LogP contribution is 2.29. The van der Waals surface area contributed by atoms with Gasteiger partial charge in [-0.25, -0.2) is 4.79 Å². The zero-order chi connectivity index (χ0) is 16.4. The van der Waals surface area contributed by atoms with Gasteiger partial charge in [0.2, 0.25) is 0 Å². The molecule has 0 aliphatic carbocycles. The number of alkyl halides is 3. The predicted molar refractivity (Wildman–Crippen MR) is 79.7 cm³/mol. The van der Waals surface area contributed by atoms with E-state index in [1.165, 1.54) is 25.7 Å². The van der Waals surface area contributed by atoms with Crippen LogP contribution in [0.15, 0.2) is 24.3 Å². The van der Waals surface area contributed by atoms with Crippen molar-refractivity contribution in [2.75, 3.05) is 6.61 Å². The molecule has 0 N–H and O–H groups in total. The summed E-state index contributed by atoms with van der Waals surface area (Å²) in [6, 6.07) is 4.08. The number of carbonyl (C=O) groups is 1. The summed E-state index contributed by atoms with van der Waals surface area (Å²) in [5, 5.41) is 0. The van der Waals surface area contributed by atoms with Crippen molar-refractivity contribution in [3.63, 3.8) is 0 Å². The number of hydrogen-bond acceptors (Lipinski definition) is 2. The number of unbranched alkanes of at least 4 members (excludes halogenated alkanes) is 6. The average molecular weight is 316 g/mol. The second kappa shape index (κ2) is 9.49. The molecule has 0 heterocycles. The van der Waals surface area contributed by atoms with E-state index in [0.717, 1.165) is 43.5 Å². The van der Waals surface area contributed by atoms with Gasteiger partial charge in [0.15, 0.2) is 0 Å². The number of carbonyl (C=O) groups excluding carboxylic acids is 1. The summed E-state index contributed by atoms with van der Waals surface area (Å²) in [6.07, 6.45) is 3.43. The lowest BCUT2D eigenvalue weighted by Gasteiger charge is -2.08. The lowest BCUT2D eigenvalue weighted by atomic mass is 10.1. The Hall–Kier alpha value is -1.52. The van der Waals surface area contributed by atoms with Gasteiger partial charge in [-0.05, 0) is 30.7 Å². The Kier molecular flexibility index (Phi) is 7.99. The lowest BCUT2D eigenvalue weighted by molar-refractivity contribution is -0.137. The van der Waals surface area contributed by atoms with Crippen molar-refractivity contribution in [2.24, 2.45) is 0 Å². The van der Waals surface area contributed by atoms with Crippen LogP contribution in [0.3, 0.4) is 0 Å². The minimum atomic E-state index is -4.39. The normalized spacial score (nSPS) is 11.5. The van der Waals surface area contributed by atoms with Crippen molar-refractivity contribution in [3.8, 4) is 0 Å². The van der Waals surface area contributed by atoms with Crippen LogP contribution >= 0.6 is 0 Å². The third kappa shape index (κ3) is 6.96. The predicted octanol–water partition coefficient (Wildman–Crippen LogP) is 5.61. The third-order valence-electron chi connectivity index (χ3n) is 3.43. The molecule has 0 radical (unpaired) electrons. The fourth-order valence-corrected chi connectivity index (χ4v) is 2.10. The number of ether oxygens (including phenoxy) is 1. The summed E-state index contributed by atoms with van der Waals surface area (Å²) in [5.74, 6) is -0.570. The van der Waals surface area contributed by atoms with Crippen molar-refractivity contribution >= 4 is 5.97 Å². The molecule has 0 saturated heterocycles. The second-order valence-corrected chi connectivity index (χ2v) is 5.33. The number of halogens is 3. The van der Waals surface area contributed by atoms with Gasteiger partial charge < -0.3 is 4.74 Å². The van der Waals surface area contributed by atoms with Crippen LogP contribution < -0.4 is 0 Å². The first-order valence-electron chi connectivity index (χ1n) is 7.79. The monoisotopic (exact) mass is 316 g/mol. The summed E-state index contributed by atoms with van der Waals surface area (Å²) in [4.78, 5) is 11.7. The van der Waals surface area contributed by atoms with E-state index in [9.17, 15) is 18.0 Å². The number of rotatable bonds is 9. The van der Waals surface area contributed by atoms with Crippen LogP contribution in [0.25, 0.3) is 0 Å². The van der Waals surface area contributed by atoms with E-state index in [1.807, 2.05) is 0 Å². The second-order valence-electron chi connectivity index (χ2n) is 5.33. The molecule has 1 aromatic rings. The molecule has 0 aromatic heterocycles. The molecule has 0 spiro atoms. The van der Waals surface area contributed by atoms with E-state index in [-0.39, 0.29) is 5.56 Å². The van der Waals surface area contributed by atoms with Gasteiger partial charge in [-0.15, -0.1) is 0 Å². The van der Waals surface area contributed by atoms with Gasteiger partial charge in [-0.2, -0.15) is 13.2 Å². The summed E-state index contributed by atoms with van der Waals surface area (Å²) in [5.41, 5.74) is -0.618. The van der Waals surface area contributed by atoms with E-state index in [0.29, 0.717) is 6.61 Å². The average Bonchev–Trinajstić information content (AvgIpc) is 2.49. The fourth-order valence-electron chi connectivity index (χ4n) is 2.10. The molecule has 0 atom stereocenters. The molecule has 124 valence electrons. The maximum atomic E-state index is 12.4. The maximum absolute atomic E-state index is 12.4. The Morgan fingerprint density at radius 3 is 2.05 bits per heavy atom. The molecule has 0 saturated carbocycles. The standard InChI is InChI=1S/C17H23F3O2/c1-2-3-4-5-6-7-8-13-22-16(21)14-9-11-15(12-10-14)17(18,19)20/h9-12H,2-8,13H2,1H3. The molecule has 22 heavy (non-hydrogen) atoms. The van der Waals surface area contributed by atoms with Crippen molar-refractivity contribution in [3.05, 3.63) is 35.4 Å². The van der Waals surface area contributed by atoms with Crippen LogP contribution in [0.4, 0.5) is 13.2 Å². The van der Waals surface area contributed by atoms with E-state index in [2.05, 4.69) is 6.92 Å². The maximum Gasteiger partial charge on any atom is 0.416 e. The first-order valence-corrected chi connectivity index (χ1v) is 7.79. The first kappa shape index (κ1) is 18.5. The topological polar surface area (TPSA) is 26.3 Å². The quantitative estimate of drug-likeness (QED) is 0.437. The van der Waals surface area contributed by atoms with Crippen molar-refractivity contribution in [1.29, 1.82) is 0 Å². The third-order valence-corrected chi connectivity index (χ3v) is 3.43. The molecule has 2 nitrogen and oxygen atoms in total. The Balaban J connectivity index is 2.23. The highest BCUT2D eigenvalue weighted by molar-refractivity contribution is 5.89. The minimum Gasteiger partial charge on any atom is -0.462 e. The fraction of sp³-hybridized carbons (Fsp3) is 0.588. The molecular weight excluding hydrogens is 293 g/mol. The van der Waals surface area contributed by atoms with Gasteiger partial charge in [0, 0.05) is 0 Å². The molecule has 0 amide bonds. The molecule has 0 unspecified atom stereocenters. The Morgan fingerprint density at radius 1 is 0.955 bits per heavy atom. The van der Waals surface area contributed by atoms with Crippen molar-refractivity contribution < 1.29 is 22.7 Å². The molecule has 1 rings (SSSR count). The highest BCUT2D eigenvalue weighted by Gasteiger charge is 2.30. The SMILES string of the molecule is CCCCCCCCCOC(=O)c1ccc(C(F)(F)F)cc1. The van der Waals surface area contributed by atoms with Crippen LogP contribution in [-0.4, -0.2) is 12.6 Å². The number of esters is 1. The van der Waals surface area contributed by atoms with Crippen LogP contribution in [0.5, 0.6) is 0 Å². The molecule has 0 bridgehead atoms. The van der Waals surface area contributed by atoms with Crippen LogP contribution in [0.2, 0.25) is 0 Å². The van der Waals surface area contributed by atoms with Gasteiger partial charge in [0.25, 0.3) is 0 Å². The molecule has 0 aliphatic rings. The van der Waals surface area contributed by atoms with Gasteiger partial charge in [0.1, 0.15) is 0 Å². The first-order chi connectivity index (χ1) is 10.4. The largest absolute Gasteiger partial charge is 0.462 e. The molecule has 5 heteroatoms. The summed E-state index contributed by atoms with van der Waals surface area (Å²) in [7, 11) is 0. The van der Waals surface area contributed by atoms with E-state index >= 15 is 0 Å². The molecular formula is C17H23F3O2. The molecule has 0 fully saturated rings. The van der Waals surface area contributed by atoms with Crippen LogP contribution in [-0.2, 0) is 10.9 Å². The lowest BCUT2D eigenvalue weighted by Crippen LogP contribution is -2.08. The van der Waals surface area contributed by atoms with Crippen molar-refractivity contribution in [2.45, 2.75) is 58.0 Å². The van der Waals surface area contributed by atoms with Crippen LogP contribution in [0.1, 0.15) is 67.8 Å². The van der Waals surface area contributed by atoms with Crippen LogP contribution in [0, 0.1) is 0 Å². The number of benzene rings is 1. The minimum absolute atomic E-state index is 0.149. The molecule has 0 aliphatic heterocycles. The van der Waals surface area contributed by atoms with Gasteiger partial charge in [-0.1, -0.05) is 45.4 Å². The summed E-state index contributed by atoms with van der Waals surface area (Å²) < 4.78 is 42.3. The van der Waals surface area contributed by atoms with E-state index < -0.39 is 17.7 Å². The highest BCUT2D eigenvalue weighted by atomic mass is 19.4. The smallest absolute Gasteiger partial charge is 0.416 e. The van der Waals surface area contributed by atoms with Gasteiger partial charge >= 0.3 is 12.1 Å². The van der Waals surface area contributed by atoms with Gasteiger partial charge in [0.05, 0.1) is 17.7 Å². The van der Waals surface area contributed by atoms with Gasteiger partial charge in [-0.3, -0.25) is 0 Å². The zero-order valence-corrected chi connectivity index (χ0v) is 12.9. The summed E-state index contributed by atoms with van der Waals surface area (Å²) >= 11 is 0. The van der Waals surface area contributed by atoms with E-state index in [4.69, 9.17) is 4.74 Å². The Morgan fingerprint density at radius 2 is 1.50 bits per heavy atom. The molecule has 1 aromatic carbocycles. The summed E-state index contributed by atoms with van der Waals surface area (Å²) in [6.45, 7) is 2.48. The Labute approximate surface area is 129 Å².